The maximum absolute atomic E-state index is 13.0. The van der Waals surface area contributed by atoms with E-state index in [1.54, 1.807) is 4.90 Å². The van der Waals surface area contributed by atoms with Crippen LogP contribution in [0.3, 0.4) is 0 Å². The van der Waals surface area contributed by atoms with Crippen molar-refractivity contribution >= 4 is 28.3 Å². The molecule has 2 amide bonds. The number of benzene rings is 2. The zero-order valence-corrected chi connectivity index (χ0v) is 16.2. The van der Waals surface area contributed by atoms with Gasteiger partial charge in [0.25, 0.3) is 0 Å². The molecule has 0 spiro atoms. The van der Waals surface area contributed by atoms with Gasteiger partial charge in [-0.2, -0.15) is 0 Å². The Morgan fingerprint density at radius 3 is 2.27 bits per heavy atom. The number of nitrogens with zero attached hydrogens (tertiary/aromatic N) is 2. The van der Waals surface area contributed by atoms with Gasteiger partial charge in [0, 0.05) is 36.9 Å². The Balaban J connectivity index is 1.71. The molecular weight excluding hydrogens is 324 g/mol. The zero-order valence-electron chi connectivity index (χ0n) is 16.2. The van der Waals surface area contributed by atoms with E-state index < -0.39 is 0 Å². The lowest BCUT2D eigenvalue weighted by Gasteiger charge is -2.36. The van der Waals surface area contributed by atoms with E-state index in [9.17, 15) is 9.59 Å². The van der Waals surface area contributed by atoms with Crippen LogP contribution in [-0.2, 0) is 9.59 Å². The van der Waals surface area contributed by atoms with Gasteiger partial charge in [-0.15, -0.1) is 0 Å². The van der Waals surface area contributed by atoms with Crippen molar-refractivity contribution in [3.8, 4) is 0 Å². The molecule has 0 atom stereocenters. The van der Waals surface area contributed by atoms with E-state index >= 15 is 0 Å². The van der Waals surface area contributed by atoms with Crippen molar-refractivity contribution in [3.63, 3.8) is 0 Å². The predicted molar refractivity (Wildman–Crippen MR) is 106 cm³/mol. The second-order valence-electron chi connectivity index (χ2n) is 8.21. The van der Waals surface area contributed by atoms with Crippen molar-refractivity contribution in [2.45, 2.75) is 33.6 Å². The fraction of sp³-hybridized carbons (Fsp3) is 0.455. The number of carbonyl (C=O) groups is 2. The first-order valence-electron chi connectivity index (χ1n) is 9.34. The molecule has 1 saturated heterocycles. The lowest BCUT2D eigenvalue weighted by molar-refractivity contribution is -0.142. The van der Waals surface area contributed by atoms with Crippen molar-refractivity contribution in [2.75, 3.05) is 25.0 Å². The third-order valence-electron chi connectivity index (χ3n) is 5.23. The van der Waals surface area contributed by atoms with E-state index in [0.29, 0.717) is 13.1 Å². The van der Waals surface area contributed by atoms with Crippen LogP contribution in [0.4, 0.5) is 5.69 Å². The number of amides is 2. The van der Waals surface area contributed by atoms with Crippen LogP contribution in [0.15, 0.2) is 42.5 Å². The van der Waals surface area contributed by atoms with Gasteiger partial charge >= 0.3 is 0 Å². The molecular formula is C22H28N2O2. The van der Waals surface area contributed by atoms with Crippen molar-refractivity contribution in [1.82, 2.24) is 4.90 Å². The Bertz CT molecular complexity index is 809. The normalized spacial score (nSPS) is 15.9. The Kier molecular flexibility index (Phi) is 5.03. The SMILES string of the molecule is CN(C(=O)C1CCN(C(=O)C(C)(C)C)CC1)c1cccc2ccccc12. The van der Waals surface area contributed by atoms with Crippen LogP contribution in [0.5, 0.6) is 0 Å². The number of rotatable bonds is 2. The second kappa shape index (κ2) is 7.10. The van der Waals surface area contributed by atoms with E-state index in [0.717, 1.165) is 29.3 Å². The molecule has 0 saturated carbocycles. The van der Waals surface area contributed by atoms with Crippen LogP contribution in [0.1, 0.15) is 33.6 Å². The lowest BCUT2D eigenvalue weighted by atomic mass is 9.90. The Labute approximate surface area is 155 Å². The molecule has 1 aliphatic rings. The summed E-state index contributed by atoms with van der Waals surface area (Å²) < 4.78 is 0. The molecule has 0 unspecified atom stereocenters. The quantitative estimate of drug-likeness (QED) is 0.817. The molecule has 0 bridgehead atoms. The van der Waals surface area contributed by atoms with Crippen molar-refractivity contribution in [1.29, 1.82) is 0 Å². The summed E-state index contributed by atoms with van der Waals surface area (Å²) in [6, 6.07) is 14.2. The molecule has 138 valence electrons. The lowest BCUT2D eigenvalue weighted by Crippen LogP contribution is -2.47. The highest BCUT2D eigenvalue weighted by Crippen LogP contribution is 2.29. The minimum atomic E-state index is -0.364. The summed E-state index contributed by atoms with van der Waals surface area (Å²) in [4.78, 5) is 29.2. The summed E-state index contributed by atoms with van der Waals surface area (Å²) in [5, 5.41) is 2.22. The van der Waals surface area contributed by atoms with Crippen molar-refractivity contribution < 1.29 is 9.59 Å². The molecule has 0 N–H and O–H groups in total. The van der Waals surface area contributed by atoms with Gasteiger partial charge in [-0.3, -0.25) is 9.59 Å². The molecule has 1 heterocycles. The largest absolute Gasteiger partial charge is 0.342 e. The van der Waals surface area contributed by atoms with Crippen LogP contribution >= 0.6 is 0 Å². The maximum atomic E-state index is 13.0. The smallest absolute Gasteiger partial charge is 0.229 e. The number of anilines is 1. The summed E-state index contributed by atoms with van der Waals surface area (Å²) >= 11 is 0. The van der Waals surface area contributed by atoms with E-state index in [1.165, 1.54) is 0 Å². The summed E-state index contributed by atoms with van der Waals surface area (Å²) in [5.41, 5.74) is 0.581. The molecule has 0 aromatic heterocycles. The van der Waals surface area contributed by atoms with Crippen molar-refractivity contribution in [3.05, 3.63) is 42.5 Å². The fourth-order valence-electron chi connectivity index (χ4n) is 3.70. The highest BCUT2D eigenvalue weighted by molar-refractivity contribution is 6.04. The summed E-state index contributed by atoms with van der Waals surface area (Å²) in [5.74, 6) is 0.290. The molecule has 2 aromatic rings. The van der Waals surface area contributed by atoms with E-state index in [2.05, 4.69) is 18.2 Å². The number of carbonyl (C=O) groups excluding carboxylic acids is 2. The first kappa shape index (κ1) is 18.4. The summed E-state index contributed by atoms with van der Waals surface area (Å²) in [6.07, 6.45) is 1.46. The van der Waals surface area contributed by atoms with E-state index in [4.69, 9.17) is 0 Å². The molecule has 2 aromatic carbocycles. The molecule has 0 aliphatic carbocycles. The van der Waals surface area contributed by atoms with Gasteiger partial charge in [0.05, 0.1) is 5.69 Å². The van der Waals surface area contributed by atoms with Gasteiger partial charge in [0.15, 0.2) is 0 Å². The third kappa shape index (κ3) is 3.59. The number of fused-ring (bicyclic) bond motifs is 1. The van der Waals surface area contributed by atoms with Crippen LogP contribution in [-0.4, -0.2) is 36.9 Å². The highest BCUT2D eigenvalue weighted by Gasteiger charge is 2.33. The Morgan fingerprint density at radius 1 is 1.00 bits per heavy atom. The monoisotopic (exact) mass is 352 g/mol. The maximum Gasteiger partial charge on any atom is 0.229 e. The summed E-state index contributed by atoms with van der Waals surface area (Å²) in [7, 11) is 1.86. The summed E-state index contributed by atoms with van der Waals surface area (Å²) in [6.45, 7) is 7.16. The van der Waals surface area contributed by atoms with Crippen molar-refractivity contribution in [2.24, 2.45) is 11.3 Å². The zero-order chi connectivity index (χ0) is 18.9. The molecule has 4 nitrogen and oxygen atoms in total. The second-order valence-corrected chi connectivity index (χ2v) is 8.21. The Hall–Kier alpha value is -2.36. The first-order valence-corrected chi connectivity index (χ1v) is 9.34. The Morgan fingerprint density at radius 2 is 1.62 bits per heavy atom. The third-order valence-corrected chi connectivity index (χ3v) is 5.23. The van der Waals surface area contributed by atoms with Crippen LogP contribution < -0.4 is 4.90 Å². The van der Waals surface area contributed by atoms with Gasteiger partial charge in [0.2, 0.25) is 11.8 Å². The molecule has 4 heteroatoms. The topological polar surface area (TPSA) is 40.6 Å². The van der Waals surface area contributed by atoms with Crippen LogP contribution in [0, 0.1) is 11.3 Å². The molecule has 1 fully saturated rings. The predicted octanol–water partition coefficient (Wildman–Crippen LogP) is 4.09. The number of hydrogen-bond donors (Lipinski definition) is 0. The minimum Gasteiger partial charge on any atom is -0.342 e. The van der Waals surface area contributed by atoms with E-state index in [1.807, 2.05) is 57.0 Å². The molecule has 3 rings (SSSR count). The minimum absolute atomic E-state index is 0.0250. The fourth-order valence-corrected chi connectivity index (χ4v) is 3.70. The standard InChI is InChI=1S/C22H28N2O2/c1-22(2,3)21(26)24-14-12-17(13-15-24)20(25)23(4)19-11-7-9-16-8-5-6-10-18(16)19/h5-11,17H,12-15H2,1-4H3. The van der Waals surface area contributed by atoms with Gasteiger partial charge in [-0.25, -0.2) is 0 Å². The van der Waals surface area contributed by atoms with Gasteiger partial charge in [0.1, 0.15) is 0 Å². The number of likely N-dealkylation sites (tertiary alicyclic amines) is 1. The first-order chi connectivity index (χ1) is 12.3. The molecule has 1 aliphatic heterocycles. The van der Waals surface area contributed by atoms with Crippen LogP contribution in [0.2, 0.25) is 0 Å². The number of piperidine rings is 1. The van der Waals surface area contributed by atoms with Gasteiger partial charge < -0.3 is 9.80 Å². The average molecular weight is 352 g/mol. The van der Waals surface area contributed by atoms with Crippen LogP contribution in [0.25, 0.3) is 10.8 Å². The molecule has 0 radical (unpaired) electrons. The highest BCUT2D eigenvalue weighted by atomic mass is 16.2. The van der Waals surface area contributed by atoms with Gasteiger partial charge in [-0.05, 0) is 24.3 Å². The van der Waals surface area contributed by atoms with Gasteiger partial charge in [-0.1, -0.05) is 57.2 Å². The molecule has 26 heavy (non-hydrogen) atoms. The van der Waals surface area contributed by atoms with E-state index in [-0.39, 0.29) is 23.1 Å². The average Bonchev–Trinajstić information content (AvgIpc) is 2.65. The number of hydrogen-bond acceptors (Lipinski definition) is 2.